The molecule has 0 amide bonds. The van der Waals surface area contributed by atoms with Crippen molar-refractivity contribution in [1.82, 2.24) is 4.98 Å². The van der Waals surface area contributed by atoms with Crippen LogP contribution in [0, 0.1) is 11.5 Å². The van der Waals surface area contributed by atoms with Crippen LogP contribution in [0.15, 0.2) is 22.7 Å². The van der Waals surface area contributed by atoms with Crippen molar-refractivity contribution >= 4 is 32.3 Å². The third kappa shape index (κ3) is 4.99. The molecular weight excluding hydrogens is 387 g/mol. The molecule has 2 unspecified atom stereocenters. The van der Waals surface area contributed by atoms with Gasteiger partial charge >= 0.3 is 3.93 Å². The maximum atomic E-state index is 12.8. The second-order valence-electron chi connectivity index (χ2n) is 4.07. The van der Waals surface area contributed by atoms with Crippen LogP contribution in [0.1, 0.15) is 23.4 Å². The van der Waals surface area contributed by atoms with E-state index in [2.05, 4.69) is 9.35 Å². The van der Waals surface area contributed by atoms with Gasteiger partial charge in [0.25, 0.3) is 0 Å². The zero-order valence-electron chi connectivity index (χ0n) is 10.3. The van der Waals surface area contributed by atoms with Gasteiger partial charge in [0.05, 0.1) is 21.4 Å². The fraction of sp³-hybridized carbons (Fsp3) is 0.455. The highest BCUT2D eigenvalue weighted by Crippen LogP contribution is 2.27. The van der Waals surface area contributed by atoms with Crippen molar-refractivity contribution in [2.75, 3.05) is 6.26 Å². The highest BCUT2D eigenvalue weighted by Gasteiger charge is 2.25. The van der Waals surface area contributed by atoms with E-state index in [0.717, 1.165) is 22.6 Å². The van der Waals surface area contributed by atoms with Crippen molar-refractivity contribution in [3.05, 3.63) is 29.6 Å². The molecule has 2 atom stereocenters. The summed E-state index contributed by atoms with van der Waals surface area (Å²) in [5.74, 6) is 0. The zero-order valence-corrected chi connectivity index (χ0v) is 13.3. The molecule has 19 heavy (non-hydrogen) atoms. The van der Waals surface area contributed by atoms with E-state index < -0.39 is 25.3 Å². The van der Waals surface area contributed by atoms with Gasteiger partial charge < -0.3 is 0 Å². The summed E-state index contributed by atoms with van der Waals surface area (Å²) < 4.78 is 38.2. The molecule has 0 aliphatic carbocycles. The molecule has 0 saturated carbocycles. The Morgan fingerprint density at radius 1 is 1.63 bits per heavy atom. The maximum Gasteiger partial charge on any atom is 0.302 e. The lowest BCUT2D eigenvalue weighted by Gasteiger charge is -2.13. The van der Waals surface area contributed by atoms with Gasteiger partial charge in [-0.25, -0.2) is 4.21 Å². The fourth-order valence-corrected chi connectivity index (χ4v) is 2.75. The standard InChI is InChI=1S/C11H12F2IN3OS/c1-8(19(2,18)17-7-15)9-3-4-10(16-6-9)5-11(12,13)14/h3-4,6,8H,5H2,1-2H3. The fourth-order valence-electron chi connectivity index (χ4n) is 1.40. The molecule has 0 saturated heterocycles. The minimum Gasteiger partial charge on any atom is -0.261 e. The molecule has 1 heterocycles. The van der Waals surface area contributed by atoms with Crippen LogP contribution < -0.4 is 0 Å². The highest BCUT2D eigenvalue weighted by atomic mass is 127. The number of nitriles is 1. The van der Waals surface area contributed by atoms with E-state index in [0.29, 0.717) is 5.56 Å². The monoisotopic (exact) mass is 399 g/mol. The van der Waals surface area contributed by atoms with Gasteiger partial charge in [-0.2, -0.15) is 14.0 Å². The van der Waals surface area contributed by atoms with Gasteiger partial charge in [0.1, 0.15) is 0 Å². The lowest BCUT2D eigenvalue weighted by Crippen LogP contribution is -2.12. The van der Waals surface area contributed by atoms with Crippen LogP contribution in [0.2, 0.25) is 0 Å². The molecule has 1 aromatic rings. The van der Waals surface area contributed by atoms with E-state index in [1.807, 2.05) is 0 Å². The number of nitrogens with zero attached hydrogens (tertiary/aromatic N) is 3. The van der Waals surface area contributed by atoms with Crippen LogP contribution in [0.5, 0.6) is 0 Å². The summed E-state index contributed by atoms with van der Waals surface area (Å²) in [7, 11) is -2.69. The van der Waals surface area contributed by atoms with Crippen LogP contribution in [0.4, 0.5) is 8.78 Å². The Morgan fingerprint density at radius 2 is 2.26 bits per heavy atom. The third-order valence-corrected chi connectivity index (χ3v) is 4.99. The second-order valence-corrected chi connectivity index (χ2v) is 8.26. The summed E-state index contributed by atoms with van der Waals surface area (Å²) in [6, 6.07) is 3.06. The summed E-state index contributed by atoms with van der Waals surface area (Å²) in [6.07, 6.45) is 3.86. The lowest BCUT2D eigenvalue weighted by molar-refractivity contribution is 0.127. The predicted octanol–water partition coefficient (Wildman–Crippen LogP) is 3.29. The maximum absolute atomic E-state index is 12.8. The van der Waals surface area contributed by atoms with Crippen LogP contribution in [-0.2, 0) is 16.1 Å². The van der Waals surface area contributed by atoms with Gasteiger partial charge in [-0.3, -0.25) is 4.98 Å². The Hall–Kier alpha value is -0.820. The van der Waals surface area contributed by atoms with Crippen molar-refractivity contribution in [1.29, 1.82) is 5.26 Å². The van der Waals surface area contributed by atoms with E-state index >= 15 is 0 Å². The molecule has 104 valence electrons. The predicted molar refractivity (Wildman–Crippen MR) is 77.4 cm³/mol. The summed E-state index contributed by atoms with van der Waals surface area (Å²) in [5, 5.41) is 7.98. The van der Waals surface area contributed by atoms with E-state index in [9.17, 15) is 13.0 Å². The molecule has 0 spiro atoms. The first kappa shape index (κ1) is 16.2. The molecule has 4 nitrogen and oxygen atoms in total. The molecule has 1 aromatic heterocycles. The molecule has 0 aliphatic rings. The third-order valence-electron chi connectivity index (χ3n) is 2.58. The van der Waals surface area contributed by atoms with E-state index in [1.54, 1.807) is 13.0 Å². The lowest BCUT2D eigenvalue weighted by atomic mass is 10.2. The van der Waals surface area contributed by atoms with Crippen LogP contribution in [0.25, 0.3) is 0 Å². The number of halogens is 3. The largest absolute Gasteiger partial charge is 0.302 e. The first-order chi connectivity index (χ1) is 8.65. The van der Waals surface area contributed by atoms with Crippen molar-refractivity contribution in [3.63, 3.8) is 0 Å². The van der Waals surface area contributed by atoms with Gasteiger partial charge in [-0.15, -0.1) is 4.36 Å². The molecule has 1 rings (SSSR count). The Morgan fingerprint density at radius 3 is 2.68 bits per heavy atom. The van der Waals surface area contributed by atoms with Gasteiger partial charge in [-0.1, -0.05) is 6.07 Å². The normalized spacial score (nSPS) is 16.2. The van der Waals surface area contributed by atoms with Crippen LogP contribution in [-0.4, -0.2) is 19.4 Å². The van der Waals surface area contributed by atoms with Gasteiger partial charge in [-0.05, 0) is 41.1 Å². The number of aromatic nitrogens is 1. The van der Waals surface area contributed by atoms with E-state index in [-0.39, 0.29) is 5.69 Å². The molecule has 0 radical (unpaired) electrons. The number of hydrogen-bond acceptors (Lipinski definition) is 4. The Kier molecular flexibility index (Phi) is 5.20. The molecule has 8 heteroatoms. The minimum absolute atomic E-state index is 0.259. The van der Waals surface area contributed by atoms with Crippen molar-refractivity contribution < 1.29 is 13.0 Å². The summed E-state index contributed by atoms with van der Waals surface area (Å²) in [6.45, 7) is 1.66. The van der Waals surface area contributed by atoms with E-state index in [1.165, 1.54) is 24.7 Å². The number of rotatable bonds is 4. The van der Waals surface area contributed by atoms with Crippen LogP contribution >= 0.6 is 22.6 Å². The number of alkyl halides is 3. The van der Waals surface area contributed by atoms with Gasteiger partial charge in [0.2, 0.25) is 6.19 Å². The topological polar surface area (TPSA) is 66.1 Å². The van der Waals surface area contributed by atoms with Gasteiger partial charge in [0, 0.05) is 18.1 Å². The average Bonchev–Trinajstić information content (AvgIpc) is 2.27. The Labute approximate surface area is 124 Å². The first-order valence-corrected chi connectivity index (χ1v) is 8.33. The number of hydrogen-bond donors (Lipinski definition) is 0. The average molecular weight is 399 g/mol. The smallest absolute Gasteiger partial charge is 0.261 e. The Balaban J connectivity index is 2.98. The quantitative estimate of drug-likeness (QED) is 0.444. The SMILES string of the molecule is CC(c1ccc(CC(F)(F)I)nc1)S(C)(=O)=NC#N. The zero-order chi connectivity index (χ0) is 14.7. The molecule has 0 N–H and O–H groups in total. The summed E-state index contributed by atoms with van der Waals surface area (Å²) >= 11 is 1.06. The molecule has 0 aliphatic heterocycles. The molecular formula is C11H12F2IN3OS. The van der Waals surface area contributed by atoms with E-state index in [4.69, 9.17) is 5.26 Å². The molecule has 0 aromatic carbocycles. The summed E-state index contributed by atoms with van der Waals surface area (Å²) in [5.41, 5.74) is 0.863. The minimum atomic E-state index is -2.84. The molecule has 0 fully saturated rings. The second kappa shape index (κ2) is 6.09. The summed E-state index contributed by atoms with van der Waals surface area (Å²) in [4.78, 5) is 3.92. The van der Waals surface area contributed by atoms with Crippen molar-refractivity contribution in [2.45, 2.75) is 22.5 Å². The van der Waals surface area contributed by atoms with Gasteiger partial charge in [0.15, 0.2) is 0 Å². The molecule has 0 bridgehead atoms. The first-order valence-electron chi connectivity index (χ1n) is 5.26. The Bertz CT molecular complexity index is 598. The van der Waals surface area contributed by atoms with Crippen molar-refractivity contribution in [3.8, 4) is 6.19 Å². The highest BCUT2D eigenvalue weighted by molar-refractivity contribution is 14.1. The van der Waals surface area contributed by atoms with Crippen LogP contribution in [0.3, 0.4) is 0 Å². The van der Waals surface area contributed by atoms with Crippen molar-refractivity contribution in [2.24, 2.45) is 4.36 Å². The number of pyridine rings is 1.